The van der Waals surface area contributed by atoms with E-state index in [1.807, 2.05) is 42.8 Å². The molecule has 28 heavy (non-hydrogen) atoms. The lowest BCUT2D eigenvalue weighted by Crippen LogP contribution is -2.46. The maximum absolute atomic E-state index is 12.7. The SMILES string of the molecule is COc1ccc(-c2nnc(S[C@H](C)C(=O)N[C@@H]3CCC[C@@H](C)[C@H]3C)n2C)cc1. The highest BCUT2D eigenvalue weighted by atomic mass is 32.2. The molecule has 1 fully saturated rings. The molecule has 0 bridgehead atoms. The predicted molar refractivity (Wildman–Crippen MR) is 112 cm³/mol. The molecular formula is C21H30N4O2S. The van der Waals surface area contributed by atoms with E-state index in [-0.39, 0.29) is 17.2 Å². The number of nitrogens with zero attached hydrogens (tertiary/aromatic N) is 3. The van der Waals surface area contributed by atoms with Crippen LogP contribution in [-0.2, 0) is 11.8 Å². The Balaban J connectivity index is 1.64. The number of methoxy groups -OCH3 is 1. The Bertz CT molecular complexity index is 805. The normalized spacial score (nSPS) is 23.2. The van der Waals surface area contributed by atoms with Crippen molar-refractivity contribution < 1.29 is 9.53 Å². The number of hydrogen-bond donors (Lipinski definition) is 1. The summed E-state index contributed by atoms with van der Waals surface area (Å²) in [5.74, 6) is 2.83. The summed E-state index contributed by atoms with van der Waals surface area (Å²) in [6.45, 7) is 6.45. The summed E-state index contributed by atoms with van der Waals surface area (Å²) in [6.07, 6.45) is 3.51. The van der Waals surface area contributed by atoms with E-state index < -0.39 is 0 Å². The Hall–Kier alpha value is -2.02. The summed E-state index contributed by atoms with van der Waals surface area (Å²) in [7, 11) is 3.57. The third-order valence-corrected chi connectivity index (χ3v) is 7.00. The smallest absolute Gasteiger partial charge is 0.233 e. The molecule has 1 aromatic heterocycles. The lowest BCUT2D eigenvalue weighted by Gasteiger charge is -2.35. The Morgan fingerprint density at radius 2 is 1.96 bits per heavy atom. The number of nitrogens with one attached hydrogen (secondary N) is 1. The van der Waals surface area contributed by atoms with E-state index in [9.17, 15) is 4.79 Å². The molecule has 0 saturated heterocycles. The number of amides is 1. The second-order valence-electron chi connectivity index (χ2n) is 7.74. The molecule has 2 aromatic rings. The van der Waals surface area contributed by atoms with E-state index >= 15 is 0 Å². The Kier molecular flexibility index (Phi) is 6.65. The Morgan fingerprint density at radius 1 is 1.25 bits per heavy atom. The van der Waals surface area contributed by atoms with Crippen LogP contribution in [-0.4, -0.2) is 39.1 Å². The van der Waals surface area contributed by atoms with Gasteiger partial charge >= 0.3 is 0 Å². The monoisotopic (exact) mass is 402 g/mol. The summed E-state index contributed by atoms with van der Waals surface area (Å²) in [4.78, 5) is 12.7. The summed E-state index contributed by atoms with van der Waals surface area (Å²) in [6, 6.07) is 7.99. The molecule has 1 N–H and O–H groups in total. The van der Waals surface area contributed by atoms with Gasteiger partial charge in [-0.25, -0.2) is 0 Å². The van der Waals surface area contributed by atoms with E-state index in [2.05, 4.69) is 29.4 Å². The summed E-state index contributed by atoms with van der Waals surface area (Å²) >= 11 is 1.44. The van der Waals surface area contributed by atoms with Crippen LogP contribution in [0.25, 0.3) is 11.4 Å². The van der Waals surface area contributed by atoms with E-state index in [1.165, 1.54) is 24.6 Å². The second-order valence-corrected chi connectivity index (χ2v) is 9.04. The van der Waals surface area contributed by atoms with Gasteiger partial charge in [-0.05, 0) is 49.4 Å². The highest BCUT2D eigenvalue weighted by Crippen LogP contribution is 2.31. The van der Waals surface area contributed by atoms with Crippen molar-refractivity contribution in [1.82, 2.24) is 20.1 Å². The van der Waals surface area contributed by atoms with E-state index in [0.717, 1.165) is 28.7 Å². The third-order valence-electron chi connectivity index (χ3n) is 5.87. The van der Waals surface area contributed by atoms with E-state index in [1.54, 1.807) is 7.11 Å². The number of benzene rings is 1. The molecular weight excluding hydrogens is 372 g/mol. The minimum absolute atomic E-state index is 0.0740. The maximum atomic E-state index is 12.7. The van der Waals surface area contributed by atoms with Crippen LogP contribution < -0.4 is 10.1 Å². The van der Waals surface area contributed by atoms with Gasteiger partial charge in [0.1, 0.15) is 5.75 Å². The molecule has 0 spiro atoms. The van der Waals surface area contributed by atoms with Gasteiger partial charge in [-0.3, -0.25) is 4.79 Å². The first-order chi connectivity index (χ1) is 13.4. The highest BCUT2D eigenvalue weighted by molar-refractivity contribution is 8.00. The van der Waals surface area contributed by atoms with Crippen LogP contribution in [0.4, 0.5) is 0 Å². The Morgan fingerprint density at radius 3 is 2.64 bits per heavy atom. The van der Waals surface area contributed by atoms with Gasteiger partial charge in [0, 0.05) is 18.7 Å². The number of hydrogen-bond acceptors (Lipinski definition) is 5. The largest absolute Gasteiger partial charge is 0.497 e. The van der Waals surface area contributed by atoms with Crippen molar-refractivity contribution in [3.63, 3.8) is 0 Å². The van der Waals surface area contributed by atoms with Gasteiger partial charge in [-0.1, -0.05) is 38.5 Å². The molecule has 4 atom stereocenters. The molecule has 0 unspecified atom stereocenters. The fourth-order valence-electron chi connectivity index (χ4n) is 3.71. The highest BCUT2D eigenvalue weighted by Gasteiger charge is 2.30. The van der Waals surface area contributed by atoms with Crippen molar-refractivity contribution in [2.24, 2.45) is 18.9 Å². The molecule has 3 rings (SSSR count). The van der Waals surface area contributed by atoms with Crippen LogP contribution in [0.1, 0.15) is 40.0 Å². The molecule has 1 amide bonds. The first kappa shape index (κ1) is 20.7. The number of thioether (sulfide) groups is 1. The van der Waals surface area contributed by atoms with Crippen molar-refractivity contribution in [2.45, 2.75) is 56.5 Å². The minimum atomic E-state index is -0.226. The molecule has 1 saturated carbocycles. The van der Waals surface area contributed by atoms with Crippen LogP contribution in [0.15, 0.2) is 29.4 Å². The first-order valence-electron chi connectivity index (χ1n) is 9.91. The summed E-state index contributed by atoms with van der Waals surface area (Å²) in [5.41, 5.74) is 0.963. The fraction of sp³-hybridized carbons (Fsp3) is 0.571. The molecule has 152 valence electrons. The Labute approximate surface area is 171 Å². The van der Waals surface area contributed by atoms with Crippen molar-refractivity contribution in [3.05, 3.63) is 24.3 Å². The average molecular weight is 403 g/mol. The van der Waals surface area contributed by atoms with Crippen molar-refractivity contribution >= 4 is 17.7 Å². The lowest BCUT2D eigenvalue weighted by molar-refractivity contribution is -0.121. The number of carbonyl (C=O) groups is 1. The molecule has 1 heterocycles. The number of aromatic nitrogens is 3. The zero-order valence-electron chi connectivity index (χ0n) is 17.3. The number of ether oxygens (including phenoxy) is 1. The van der Waals surface area contributed by atoms with Crippen LogP contribution in [0.5, 0.6) is 5.75 Å². The number of rotatable bonds is 6. The standard InChI is InChI=1S/C21H30N4O2S/c1-13-7-6-8-18(14(13)2)22-20(26)15(3)28-21-24-23-19(25(21)4)16-9-11-17(27-5)12-10-16/h9-15,18H,6-8H2,1-5H3,(H,22,26)/t13-,14-,15-,18-/m1/s1. The van der Waals surface area contributed by atoms with Crippen molar-refractivity contribution in [3.8, 4) is 17.1 Å². The summed E-state index contributed by atoms with van der Waals surface area (Å²) < 4.78 is 7.14. The zero-order valence-corrected chi connectivity index (χ0v) is 18.1. The molecule has 1 aliphatic rings. The van der Waals surface area contributed by atoms with Gasteiger partial charge in [0.25, 0.3) is 0 Å². The van der Waals surface area contributed by atoms with Crippen molar-refractivity contribution in [2.75, 3.05) is 7.11 Å². The third kappa shape index (κ3) is 4.51. The van der Waals surface area contributed by atoms with Crippen LogP contribution >= 0.6 is 11.8 Å². The average Bonchev–Trinajstić information content (AvgIpc) is 3.05. The van der Waals surface area contributed by atoms with Gasteiger partial charge in [-0.2, -0.15) is 0 Å². The van der Waals surface area contributed by atoms with Crippen LogP contribution in [0.2, 0.25) is 0 Å². The van der Waals surface area contributed by atoms with Crippen LogP contribution in [0.3, 0.4) is 0 Å². The predicted octanol–water partition coefficient (Wildman–Crippen LogP) is 3.91. The lowest BCUT2D eigenvalue weighted by atomic mass is 9.78. The van der Waals surface area contributed by atoms with Gasteiger partial charge in [-0.15, -0.1) is 10.2 Å². The van der Waals surface area contributed by atoms with Crippen LogP contribution in [0, 0.1) is 11.8 Å². The maximum Gasteiger partial charge on any atom is 0.233 e. The van der Waals surface area contributed by atoms with Gasteiger partial charge in [0.05, 0.1) is 12.4 Å². The second kappa shape index (κ2) is 8.99. The summed E-state index contributed by atoms with van der Waals surface area (Å²) in [5, 5.41) is 12.4. The quantitative estimate of drug-likeness (QED) is 0.742. The zero-order chi connectivity index (χ0) is 20.3. The molecule has 0 aliphatic heterocycles. The van der Waals surface area contributed by atoms with Gasteiger partial charge in [0.2, 0.25) is 5.91 Å². The topological polar surface area (TPSA) is 69.0 Å². The van der Waals surface area contributed by atoms with Gasteiger partial charge < -0.3 is 14.6 Å². The van der Waals surface area contributed by atoms with E-state index in [4.69, 9.17) is 4.74 Å². The first-order valence-corrected chi connectivity index (χ1v) is 10.8. The van der Waals surface area contributed by atoms with Crippen molar-refractivity contribution in [1.29, 1.82) is 0 Å². The molecule has 1 aliphatic carbocycles. The number of carbonyl (C=O) groups excluding carboxylic acids is 1. The molecule has 6 nitrogen and oxygen atoms in total. The molecule has 1 aromatic carbocycles. The minimum Gasteiger partial charge on any atom is -0.497 e. The van der Waals surface area contributed by atoms with Gasteiger partial charge in [0.15, 0.2) is 11.0 Å². The fourth-order valence-corrected chi connectivity index (χ4v) is 4.53. The van der Waals surface area contributed by atoms with E-state index in [0.29, 0.717) is 11.8 Å². The molecule has 0 radical (unpaired) electrons. The molecule has 7 heteroatoms.